The first-order chi connectivity index (χ1) is 13.2. The SMILES string of the molecule is C[C@]1(N[C@@H]2CCCC[C@H]2NC(=O)O)CCCN(c2ccc(C(F)(F)F)cc2)C1. The predicted octanol–water partition coefficient (Wildman–Crippen LogP) is 4.23. The molecule has 1 saturated carbocycles. The molecule has 1 amide bonds. The van der Waals surface area contributed by atoms with Gasteiger partial charge in [-0.1, -0.05) is 12.8 Å². The standard InChI is InChI=1S/C20H28F3N3O2/c1-19(25-17-6-3-2-5-16(17)24-18(27)28)11-4-12-26(13-19)15-9-7-14(8-10-15)20(21,22)23/h7-10,16-17,24-25H,2-6,11-13H2,1H3,(H,27,28)/t16-,17-,19+/m1/s1. The van der Waals surface area contributed by atoms with Gasteiger partial charge in [0.05, 0.1) is 5.56 Å². The number of hydrogen-bond acceptors (Lipinski definition) is 3. The van der Waals surface area contributed by atoms with Gasteiger partial charge in [-0.25, -0.2) is 4.79 Å². The Bertz CT molecular complexity index is 680. The molecule has 28 heavy (non-hydrogen) atoms. The molecule has 3 N–H and O–H groups in total. The lowest BCUT2D eigenvalue weighted by atomic mass is 9.84. The second-order valence-electron chi connectivity index (χ2n) is 8.22. The summed E-state index contributed by atoms with van der Waals surface area (Å²) in [6.45, 7) is 3.59. The van der Waals surface area contributed by atoms with Crippen LogP contribution in [0.5, 0.6) is 0 Å². The van der Waals surface area contributed by atoms with E-state index < -0.39 is 17.8 Å². The van der Waals surface area contributed by atoms with Gasteiger partial charge in [-0.05, 0) is 56.9 Å². The summed E-state index contributed by atoms with van der Waals surface area (Å²) >= 11 is 0. The molecule has 1 aliphatic heterocycles. The van der Waals surface area contributed by atoms with Crippen molar-refractivity contribution in [1.82, 2.24) is 10.6 Å². The van der Waals surface area contributed by atoms with Crippen molar-refractivity contribution in [3.8, 4) is 0 Å². The number of nitrogens with zero attached hydrogens (tertiary/aromatic N) is 1. The molecule has 0 bridgehead atoms. The van der Waals surface area contributed by atoms with Crippen molar-refractivity contribution in [2.24, 2.45) is 0 Å². The third kappa shape index (κ3) is 5.10. The second-order valence-corrected chi connectivity index (χ2v) is 8.22. The second kappa shape index (κ2) is 8.19. The average molecular weight is 399 g/mol. The Morgan fingerprint density at radius 3 is 2.39 bits per heavy atom. The molecule has 0 spiro atoms. The fourth-order valence-corrected chi connectivity index (χ4v) is 4.52. The molecule has 8 heteroatoms. The summed E-state index contributed by atoms with van der Waals surface area (Å²) in [6.07, 6.45) is 0.354. The number of piperidine rings is 1. The van der Waals surface area contributed by atoms with Crippen molar-refractivity contribution in [2.45, 2.75) is 69.2 Å². The van der Waals surface area contributed by atoms with Gasteiger partial charge in [-0.15, -0.1) is 0 Å². The highest BCUT2D eigenvalue weighted by molar-refractivity contribution is 5.65. The Morgan fingerprint density at radius 2 is 1.79 bits per heavy atom. The molecule has 0 aromatic heterocycles. The van der Waals surface area contributed by atoms with Crippen molar-refractivity contribution < 1.29 is 23.1 Å². The molecule has 1 aliphatic carbocycles. The van der Waals surface area contributed by atoms with Gasteiger partial charge < -0.3 is 20.6 Å². The number of anilines is 1. The Balaban J connectivity index is 1.68. The molecule has 5 nitrogen and oxygen atoms in total. The highest BCUT2D eigenvalue weighted by Crippen LogP contribution is 2.32. The molecule has 2 aliphatic rings. The quantitative estimate of drug-likeness (QED) is 0.709. The number of benzene rings is 1. The Labute approximate surface area is 163 Å². The van der Waals surface area contributed by atoms with Gasteiger partial charge in [0.25, 0.3) is 0 Å². The van der Waals surface area contributed by atoms with Gasteiger partial charge in [0.15, 0.2) is 0 Å². The number of carboxylic acid groups (broad SMARTS) is 1. The van der Waals surface area contributed by atoms with Gasteiger partial charge in [-0.2, -0.15) is 13.2 Å². The van der Waals surface area contributed by atoms with Crippen molar-refractivity contribution in [3.05, 3.63) is 29.8 Å². The van der Waals surface area contributed by atoms with Gasteiger partial charge in [-0.3, -0.25) is 0 Å². The van der Waals surface area contributed by atoms with Crippen LogP contribution in [-0.4, -0.2) is 41.9 Å². The van der Waals surface area contributed by atoms with Gasteiger partial charge in [0.1, 0.15) is 0 Å². The van der Waals surface area contributed by atoms with Gasteiger partial charge in [0.2, 0.25) is 0 Å². The van der Waals surface area contributed by atoms with E-state index in [2.05, 4.69) is 22.5 Å². The minimum atomic E-state index is -4.33. The molecule has 1 aromatic rings. The van der Waals surface area contributed by atoms with E-state index in [9.17, 15) is 18.0 Å². The summed E-state index contributed by atoms with van der Waals surface area (Å²) in [6, 6.07) is 5.28. The minimum Gasteiger partial charge on any atom is -0.465 e. The lowest BCUT2D eigenvalue weighted by Crippen LogP contribution is -2.63. The summed E-state index contributed by atoms with van der Waals surface area (Å²) in [5.74, 6) is 0. The molecule has 1 aromatic carbocycles. The van der Waals surface area contributed by atoms with E-state index >= 15 is 0 Å². The van der Waals surface area contributed by atoms with Crippen LogP contribution in [0.25, 0.3) is 0 Å². The number of carbonyl (C=O) groups is 1. The topological polar surface area (TPSA) is 64.6 Å². The molecule has 3 atom stereocenters. The van der Waals surface area contributed by atoms with E-state index in [0.717, 1.165) is 62.9 Å². The first kappa shape index (κ1) is 20.8. The van der Waals surface area contributed by atoms with Crippen LogP contribution in [0, 0.1) is 0 Å². The molecule has 1 heterocycles. The van der Waals surface area contributed by atoms with Crippen molar-refractivity contribution in [1.29, 1.82) is 0 Å². The summed E-state index contributed by atoms with van der Waals surface area (Å²) in [5.41, 5.74) is -0.0787. The van der Waals surface area contributed by atoms with Crippen LogP contribution in [0.2, 0.25) is 0 Å². The summed E-state index contributed by atoms with van der Waals surface area (Å²) in [4.78, 5) is 13.2. The third-order valence-corrected chi connectivity index (χ3v) is 5.86. The first-order valence-electron chi connectivity index (χ1n) is 9.86. The smallest absolute Gasteiger partial charge is 0.416 e. The van der Waals surface area contributed by atoms with E-state index in [-0.39, 0.29) is 17.6 Å². The van der Waals surface area contributed by atoms with Crippen molar-refractivity contribution in [2.75, 3.05) is 18.0 Å². The number of nitrogens with one attached hydrogen (secondary N) is 2. The molecule has 0 unspecified atom stereocenters. The lowest BCUT2D eigenvalue weighted by Gasteiger charge is -2.46. The summed E-state index contributed by atoms with van der Waals surface area (Å²) in [5, 5.41) is 15.4. The summed E-state index contributed by atoms with van der Waals surface area (Å²) in [7, 11) is 0. The highest BCUT2D eigenvalue weighted by atomic mass is 19.4. The maximum Gasteiger partial charge on any atom is 0.416 e. The van der Waals surface area contributed by atoms with Crippen LogP contribution in [0.4, 0.5) is 23.7 Å². The molecular weight excluding hydrogens is 371 g/mol. The number of hydrogen-bond donors (Lipinski definition) is 3. The van der Waals surface area contributed by atoms with E-state index in [4.69, 9.17) is 5.11 Å². The van der Waals surface area contributed by atoms with E-state index in [1.165, 1.54) is 12.1 Å². The van der Waals surface area contributed by atoms with E-state index in [0.29, 0.717) is 6.54 Å². The molecule has 2 fully saturated rings. The molecule has 3 rings (SSSR count). The lowest BCUT2D eigenvalue weighted by molar-refractivity contribution is -0.137. The van der Waals surface area contributed by atoms with Crippen LogP contribution in [0.1, 0.15) is 51.0 Å². The fraction of sp³-hybridized carbons (Fsp3) is 0.650. The highest BCUT2D eigenvalue weighted by Gasteiger charge is 2.37. The van der Waals surface area contributed by atoms with E-state index in [1.54, 1.807) is 0 Å². The Hall–Kier alpha value is -1.96. The summed E-state index contributed by atoms with van der Waals surface area (Å²) < 4.78 is 38.4. The molecular formula is C20H28F3N3O2. The number of amides is 1. The Morgan fingerprint density at radius 1 is 1.14 bits per heavy atom. The maximum atomic E-state index is 12.8. The first-order valence-corrected chi connectivity index (χ1v) is 9.86. The zero-order valence-corrected chi connectivity index (χ0v) is 16.1. The number of halogens is 3. The zero-order valence-electron chi connectivity index (χ0n) is 16.1. The predicted molar refractivity (Wildman–Crippen MR) is 102 cm³/mol. The van der Waals surface area contributed by atoms with Crippen LogP contribution in [0.3, 0.4) is 0 Å². The fourth-order valence-electron chi connectivity index (χ4n) is 4.52. The third-order valence-electron chi connectivity index (χ3n) is 5.86. The van der Waals surface area contributed by atoms with Crippen molar-refractivity contribution in [3.63, 3.8) is 0 Å². The van der Waals surface area contributed by atoms with Crippen LogP contribution in [-0.2, 0) is 6.18 Å². The largest absolute Gasteiger partial charge is 0.465 e. The average Bonchev–Trinajstić information content (AvgIpc) is 2.62. The van der Waals surface area contributed by atoms with Crippen LogP contribution in [0.15, 0.2) is 24.3 Å². The monoisotopic (exact) mass is 399 g/mol. The molecule has 1 saturated heterocycles. The number of rotatable bonds is 4. The maximum absolute atomic E-state index is 12.8. The Kier molecular flexibility index (Phi) is 6.07. The van der Waals surface area contributed by atoms with Gasteiger partial charge >= 0.3 is 12.3 Å². The van der Waals surface area contributed by atoms with Crippen LogP contribution >= 0.6 is 0 Å². The molecule has 0 radical (unpaired) electrons. The van der Waals surface area contributed by atoms with Crippen LogP contribution < -0.4 is 15.5 Å². The van der Waals surface area contributed by atoms with E-state index in [1.807, 2.05) is 0 Å². The zero-order chi connectivity index (χ0) is 20.4. The normalized spacial score (nSPS) is 28.8. The minimum absolute atomic E-state index is 0.0717. The molecule has 156 valence electrons. The van der Waals surface area contributed by atoms with Crippen molar-refractivity contribution >= 4 is 11.8 Å². The van der Waals surface area contributed by atoms with Gasteiger partial charge in [0, 0.05) is 36.4 Å². The number of alkyl halides is 3.